The van der Waals surface area contributed by atoms with Crippen molar-refractivity contribution in [2.45, 2.75) is 13.8 Å². The van der Waals surface area contributed by atoms with E-state index in [2.05, 4.69) is 5.10 Å². The van der Waals surface area contributed by atoms with Gasteiger partial charge in [-0.15, -0.1) is 5.17 Å². The van der Waals surface area contributed by atoms with Crippen molar-refractivity contribution >= 4 is 11.9 Å². The lowest BCUT2D eigenvalue weighted by atomic mass is 10.2. The first kappa shape index (κ1) is 8.74. The van der Waals surface area contributed by atoms with Crippen molar-refractivity contribution in [3.8, 4) is 0 Å². The predicted molar refractivity (Wildman–Crippen MR) is 49.6 cm³/mol. The summed E-state index contributed by atoms with van der Waals surface area (Å²) in [6.07, 6.45) is 1.53. The van der Waals surface area contributed by atoms with Crippen LogP contribution in [-0.2, 0) is 0 Å². The Morgan fingerprint density at radius 1 is 1.42 bits per heavy atom. The van der Waals surface area contributed by atoms with E-state index in [4.69, 9.17) is 0 Å². The lowest BCUT2D eigenvalue weighted by Crippen LogP contribution is -2.10. The van der Waals surface area contributed by atoms with E-state index < -0.39 is 0 Å². The van der Waals surface area contributed by atoms with E-state index in [-0.39, 0.29) is 0 Å². The molecule has 0 saturated carbocycles. The Kier molecular flexibility index (Phi) is 2.82. The molecule has 1 aromatic rings. The first-order chi connectivity index (χ1) is 5.75. The molecule has 3 heteroatoms. The zero-order chi connectivity index (χ0) is 8.97. The molecule has 1 N–H and O–H groups in total. The third-order valence-electron chi connectivity index (χ3n) is 1.56. The molecule has 0 aliphatic rings. The molecule has 12 heavy (non-hydrogen) atoms. The highest BCUT2D eigenvalue weighted by molar-refractivity contribution is 5.58. The van der Waals surface area contributed by atoms with Gasteiger partial charge in [0.05, 0.1) is 5.69 Å². The van der Waals surface area contributed by atoms with Gasteiger partial charge in [0.15, 0.2) is 0 Å². The van der Waals surface area contributed by atoms with Crippen LogP contribution in [0.25, 0.3) is 0 Å². The molecule has 1 rings (SSSR count). The third-order valence-corrected chi connectivity index (χ3v) is 1.56. The van der Waals surface area contributed by atoms with Gasteiger partial charge in [0, 0.05) is 6.21 Å². The van der Waals surface area contributed by atoms with Gasteiger partial charge >= 0.3 is 0 Å². The highest BCUT2D eigenvalue weighted by atomic mass is 16.5. The summed E-state index contributed by atoms with van der Waals surface area (Å²) >= 11 is 0. The van der Waals surface area contributed by atoms with Crippen LogP contribution in [-0.4, -0.2) is 11.4 Å². The summed E-state index contributed by atoms with van der Waals surface area (Å²) in [4.78, 5) is 0. The first-order valence-electron chi connectivity index (χ1n) is 3.79. The van der Waals surface area contributed by atoms with E-state index in [1.807, 2.05) is 31.2 Å². The average molecular weight is 164 g/mol. The Labute approximate surface area is 71.9 Å². The van der Waals surface area contributed by atoms with E-state index in [1.54, 1.807) is 6.92 Å². The number of aryl methyl sites for hydroxylation is 1. The van der Waals surface area contributed by atoms with Crippen LogP contribution in [0.1, 0.15) is 12.5 Å². The maximum absolute atomic E-state index is 9.34. The normalized spacial score (nSPS) is 10.6. The summed E-state index contributed by atoms with van der Waals surface area (Å²) in [7, 11) is 0. The molecule has 0 aliphatic carbocycles. The molecule has 0 radical (unpaired) electrons. The number of para-hydroxylation sites is 1. The SMILES string of the molecule is C/C=N/N(O)c1ccccc1C. The van der Waals surface area contributed by atoms with E-state index in [1.165, 1.54) is 6.21 Å². The van der Waals surface area contributed by atoms with Crippen LogP contribution in [0.4, 0.5) is 5.69 Å². The van der Waals surface area contributed by atoms with Gasteiger partial charge in [-0.2, -0.15) is 5.10 Å². The number of hydrazone groups is 1. The maximum Gasteiger partial charge on any atom is 0.0928 e. The Bertz CT molecular complexity index is 284. The summed E-state index contributed by atoms with van der Waals surface area (Å²) in [5, 5.41) is 13.9. The number of anilines is 1. The van der Waals surface area contributed by atoms with Crippen molar-refractivity contribution in [1.82, 2.24) is 0 Å². The molecule has 0 aliphatic heterocycles. The fourth-order valence-corrected chi connectivity index (χ4v) is 0.959. The Hall–Kier alpha value is -1.35. The second kappa shape index (κ2) is 3.88. The van der Waals surface area contributed by atoms with Gasteiger partial charge in [-0.1, -0.05) is 18.2 Å². The summed E-state index contributed by atoms with van der Waals surface area (Å²) in [5.74, 6) is 0. The lowest BCUT2D eigenvalue weighted by Gasteiger charge is -2.11. The van der Waals surface area contributed by atoms with Crippen LogP contribution in [0, 0.1) is 6.92 Å². The van der Waals surface area contributed by atoms with Gasteiger partial charge in [0.2, 0.25) is 0 Å². The second-order valence-electron chi connectivity index (χ2n) is 2.45. The standard InChI is InChI=1S/C9H12N2O/c1-3-10-11(12)9-7-5-4-6-8(9)2/h3-7,12H,1-2H3/b10-3+. The topological polar surface area (TPSA) is 35.8 Å². The van der Waals surface area contributed by atoms with Gasteiger partial charge < -0.3 is 0 Å². The molecule has 3 nitrogen and oxygen atoms in total. The quantitative estimate of drug-likeness (QED) is 0.537. The van der Waals surface area contributed by atoms with Gasteiger partial charge in [-0.3, -0.25) is 5.21 Å². The van der Waals surface area contributed by atoms with Crippen LogP contribution in [0.3, 0.4) is 0 Å². The largest absolute Gasteiger partial charge is 0.267 e. The predicted octanol–water partition coefficient (Wildman–Crippen LogP) is 2.20. The molecule has 0 fully saturated rings. The van der Waals surface area contributed by atoms with Crippen molar-refractivity contribution in [3.63, 3.8) is 0 Å². The number of hydrogen-bond donors (Lipinski definition) is 1. The minimum Gasteiger partial charge on any atom is -0.267 e. The molecule has 0 amide bonds. The lowest BCUT2D eigenvalue weighted by molar-refractivity contribution is 0.260. The van der Waals surface area contributed by atoms with Crippen LogP contribution in [0.2, 0.25) is 0 Å². The van der Waals surface area contributed by atoms with Gasteiger partial charge in [0.25, 0.3) is 0 Å². The van der Waals surface area contributed by atoms with E-state index in [9.17, 15) is 5.21 Å². The van der Waals surface area contributed by atoms with Crippen molar-refractivity contribution in [2.24, 2.45) is 5.10 Å². The van der Waals surface area contributed by atoms with Crippen LogP contribution < -0.4 is 5.17 Å². The number of benzene rings is 1. The monoisotopic (exact) mass is 164 g/mol. The number of nitrogens with zero attached hydrogens (tertiary/aromatic N) is 2. The molecule has 0 bridgehead atoms. The summed E-state index contributed by atoms with van der Waals surface area (Å²) in [6, 6.07) is 7.51. The van der Waals surface area contributed by atoms with Gasteiger partial charge in [-0.25, -0.2) is 0 Å². The van der Waals surface area contributed by atoms with Gasteiger partial charge in [-0.05, 0) is 25.5 Å². The van der Waals surface area contributed by atoms with Crippen LogP contribution >= 0.6 is 0 Å². The van der Waals surface area contributed by atoms with Crippen LogP contribution in [0.15, 0.2) is 29.4 Å². The highest BCUT2D eigenvalue weighted by Crippen LogP contribution is 2.17. The number of rotatable bonds is 2. The van der Waals surface area contributed by atoms with Gasteiger partial charge in [0.1, 0.15) is 0 Å². The highest BCUT2D eigenvalue weighted by Gasteiger charge is 2.01. The van der Waals surface area contributed by atoms with E-state index in [0.29, 0.717) is 5.69 Å². The molecule has 64 valence electrons. The first-order valence-corrected chi connectivity index (χ1v) is 3.79. The Morgan fingerprint density at radius 3 is 2.67 bits per heavy atom. The zero-order valence-electron chi connectivity index (χ0n) is 7.23. The molecule has 0 atom stereocenters. The smallest absolute Gasteiger partial charge is 0.0928 e. The molecule has 0 saturated heterocycles. The molecule has 0 unspecified atom stereocenters. The molecule has 0 heterocycles. The van der Waals surface area contributed by atoms with E-state index in [0.717, 1.165) is 10.7 Å². The van der Waals surface area contributed by atoms with E-state index >= 15 is 0 Å². The summed E-state index contributed by atoms with van der Waals surface area (Å²) in [5.41, 5.74) is 1.70. The molecular formula is C9H12N2O. The fourth-order valence-electron chi connectivity index (χ4n) is 0.959. The average Bonchev–Trinajstić information content (AvgIpc) is 2.05. The summed E-state index contributed by atoms with van der Waals surface area (Å²) < 4.78 is 0. The minimum absolute atomic E-state index is 0.704. The minimum atomic E-state index is 0.704. The van der Waals surface area contributed by atoms with Crippen molar-refractivity contribution < 1.29 is 5.21 Å². The summed E-state index contributed by atoms with van der Waals surface area (Å²) in [6.45, 7) is 3.67. The molecule has 1 aromatic carbocycles. The molecule has 0 spiro atoms. The molecular weight excluding hydrogens is 152 g/mol. The number of hydrogen-bond acceptors (Lipinski definition) is 3. The van der Waals surface area contributed by atoms with Crippen LogP contribution in [0.5, 0.6) is 0 Å². The third kappa shape index (κ3) is 1.83. The zero-order valence-corrected chi connectivity index (χ0v) is 7.23. The maximum atomic E-state index is 9.34. The molecule has 0 aromatic heterocycles. The fraction of sp³-hybridized carbons (Fsp3) is 0.222. The Morgan fingerprint density at radius 2 is 2.08 bits per heavy atom. The van der Waals surface area contributed by atoms with Crippen molar-refractivity contribution in [1.29, 1.82) is 0 Å². The van der Waals surface area contributed by atoms with Crippen molar-refractivity contribution in [2.75, 3.05) is 5.17 Å². The Balaban J connectivity index is 2.94. The van der Waals surface area contributed by atoms with Crippen molar-refractivity contribution in [3.05, 3.63) is 29.8 Å². The second-order valence-corrected chi connectivity index (χ2v) is 2.45.